The van der Waals surface area contributed by atoms with E-state index in [4.69, 9.17) is 0 Å². The van der Waals surface area contributed by atoms with Gasteiger partial charge in [0.05, 0.1) is 11.7 Å². The second-order valence-electron chi connectivity index (χ2n) is 4.05. The van der Waals surface area contributed by atoms with Crippen LogP contribution in [0.3, 0.4) is 0 Å². The van der Waals surface area contributed by atoms with Crippen molar-refractivity contribution in [3.05, 3.63) is 27.1 Å². The Balaban J connectivity index is 2.44. The number of thiophene rings is 1. The van der Waals surface area contributed by atoms with E-state index in [-0.39, 0.29) is 5.56 Å². The maximum Gasteiger partial charge on any atom is 0.262 e. The lowest BCUT2D eigenvalue weighted by Crippen LogP contribution is -2.17. The van der Waals surface area contributed by atoms with Gasteiger partial charge in [-0.2, -0.15) is 0 Å². The van der Waals surface area contributed by atoms with E-state index in [0.717, 1.165) is 23.1 Å². The molecule has 2 heterocycles. The number of fused-ring (bicyclic) bond motifs is 3. The summed E-state index contributed by atoms with van der Waals surface area (Å²) in [6, 6.07) is 0. The summed E-state index contributed by atoms with van der Waals surface area (Å²) >= 11 is 1.70. The molecule has 0 radical (unpaired) electrons. The van der Waals surface area contributed by atoms with Crippen molar-refractivity contribution in [1.29, 1.82) is 0 Å². The molecule has 0 saturated carbocycles. The van der Waals surface area contributed by atoms with Gasteiger partial charge in [-0.3, -0.25) is 4.79 Å². The second kappa shape index (κ2) is 3.17. The lowest BCUT2D eigenvalue weighted by Gasteiger charge is -2.09. The van der Waals surface area contributed by atoms with E-state index >= 15 is 0 Å². The third-order valence-corrected chi connectivity index (χ3v) is 4.23. The summed E-state index contributed by atoms with van der Waals surface area (Å²) in [4.78, 5) is 18.6. The lowest BCUT2D eigenvalue weighted by atomic mass is 9.97. The monoisotopic (exact) mass is 220 g/mol. The molecule has 1 aliphatic rings. The van der Waals surface area contributed by atoms with Crippen molar-refractivity contribution in [2.45, 2.75) is 25.7 Å². The zero-order chi connectivity index (χ0) is 10.4. The summed E-state index contributed by atoms with van der Waals surface area (Å²) in [5.41, 5.74) is 1.38. The van der Waals surface area contributed by atoms with Crippen LogP contribution in [0.5, 0.6) is 0 Å². The minimum Gasteiger partial charge on any atom is -0.302 e. The Morgan fingerprint density at radius 2 is 2.20 bits per heavy atom. The SMILES string of the molecule is Cn1cnc2sc3c(c2c1=O)CCCC3. The van der Waals surface area contributed by atoms with E-state index in [1.807, 2.05) is 0 Å². The number of aromatic nitrogens is 2. The van der Waals surface area contributed by atoms with Gasteiger partial charge in [0.1, 0.15) is 4.83 Å². The first-order valence-corrected chi connectivity index (χ1v) is 6.05. The molecule has 0 amide bonds. The summed E-state index contributed by atoms with van der Waals surface area (Å²) in [7, 11) is 1.77. The molecule has 0 aliphatic heterocycles. The molecule has 15 heavy (non-hydrogen) atoms. The maximum absolute atomic E-state index is 12.0. The molecule has 3 rings (SSSR count). The minimum atomic E-state index is 0.111. The molecule has 0 atom stereocenters. The fraction of sp³-hybridized carbons (Fsp3) is 0.455. The van der Waals surface area contributed by atoms with Gasteiger partial charge in [0, 0.05) is 11.9 Å². The van der Waals surface area contributed by atoms with Crippen LogP contribution in [0, 0.1) is 0 Å². The van der Waals surface area contributed by atoms with Crippen LogP contribution in [0.1, 0.15) is 23.3 Å². The van der Waals surface area contributed by atoms with Gasteiger partial charge in [0.2, 0.25) is 0 Å². The Bertz CT molecular complexity index is 582. The molecule has 1 aliphatic carbocycles. The van der Waals surface area contributed by atoms with Crippen LogP contribution < -0.4 is 5.56 Å². The molecule has 78 valence electrons. The molecular formula is C11H12N2OS. The fourth-order valence-electron chi connectivity index (χ4n) is 2.23. The highest BCUT2D eigenvalue weighted by molar-refractivity contribution is 7.18. The first-order chi connectivity index (χ1) is 7.27. The van der Waals surface area contributed by atoms with Crippen molar-refractivity contribution < 1.29 is 0 Å². The van der Waals surface area contributed by atoms with E-state index in [9.17, 15) is 4.79 Å². The highest BCUT2D eigenvalue weighted by Gasteiger charge is 2.18. The van der Waals surface area contributed by atoms with Crippen LogP contribution in [0.15, 0.2) is 11.1 Å². The van der Waals surface area contributed by atoms with Gasteiger partial charge < -0.3 is 4.57 Å². The normalized spacial score (nSPS) is 15.5. The quantitative estimate of drug-likeness (QED) is 0.679. The van der Waals surface area contributed by atoms with Crippen molar-refractivity contribution >= 4 is 21.6 Å². The van der Waals surface area contributed by atoms with Crippen LogP contribution in [0.2, 0.25) is 0 Å². The molecule has 0 aromatic carbocycles. The first kappa shape index (κ1) is 9.09. The molecule has 2 aromatic heterocycles. The summed E-state index contributed by atoms with van der Waals surface area (Å²) in [5, 5.41) is 0.875. The predicted molar refractivity (Wildman–Crippen MR) is 61.5 cm³/mol. The van der Waals surface area contributed by atoms with E-state index in [2.05, 4.69) is 4.98 Å². The van der Waals surface area contributed by atoms with Crippen LogP contribution in [0.4, 0.5) is 0 Å². The number of nitrogens with zero attached hydrogens (tertiary/aromatic N) is 2. The lowest BCUT2D eigenvalue weighted by molar-refractivity contribution is 0.699. The fourth-order valence-corrected chi connectivity index (χ4v) is 3.45. The van der Waals surface area contributed by atoms with Gasteiger partial charge in [-0.05, 0) is 31.2 Å². The largest absolute Gasteiger partial charge is 0.302 e. The molecule has 0 bridgehead atoms. The van der Waals surface area contributed by atoms with E-state index in [1.165, 1.54) is 23.3 Å². The van der Waals surface area contributed by atoms with Crippen molar-refractivity contribution in [3.63, 3.8) is 0 Å². The molecule has 4 heteroatoms. The van der Waals surface area contributed by atoms with Gasteiger partial charge in [-0.25, -0.2) is 4.98 Å². The zero-order valence-electron chi connectivity index (χ0n) is 8.62. The zero-order valence-corrected chi connectivity index (χ0v) is 9.43. The summed E-state index contributed by atoms with van der Waals surface area (Å²) in [6.45, 7) is 0. The Labute approximate surface area is 91.4 Å². The van der Waals surface area contributed by atoms with Crippen molar-refractivity contribution in [3.8, 4) is 0 Å². The molecule has 2 aromatic rings. The number of aryl methyl sites for hydroxylation is 3. The molecule has 0 unspecified atom stereocenters. The van der Waals surface area contributed by atoms with Gasteiger partial charge >= 0.3 is 0 Å². The Morgan fingerprint density at radius 3 is 3.07 bits per heavy atom. The van der Waals surface area contributed by atoms with Gasteiger partial charge in [-0.15, -0.1) is 11.3 Å². The Kier molecular flexibility index (Phi) is 1.92. The number of rotatable bonds is 0. The van der Waals surface area contributed by atoms with Crippen LogP contribution in [0.25, 0.3) is 10.2 Å². The number of hydrogen-bond acceptors (Lipinski definition) is 3. The van der Waals surface area contributed by atoms with E-state index < -0.39 is 0 Å². The summed E-state index contributed by atoms with van der Waals surface area (Å²) in [5.74, 6) is 0. The van der Waals surface area contributed by atoms with E-state index in [0.29, 0.717) is 0 Å². The number of hydrogen-bond donors (Lipinski definition) is 0. The third-order valence-electron chi connectivity index (χ3n) is 3.04. The summed E-state index contributed by atoms with van der Waals surface area (Å²) < 4.78 is 1.57. The standard InChI is InChI=1S/C11H12N2OS/c1-13-6-12-10-9(11(13)14)7-4-2-3-5-8(7)15-10/h6H,2-5H2,1H3. The molecule has 0 saturated heterocycles. The van der Waals surface area contributed by atoms with Gasteiger partial charge in [-0.1, -0.05) is 0 Å². The van der Waals surface area contributed by atoms with Crippen molar-refractivity contribution in [1.82, 2.24) is 9.55 Å². The molecule has 0 spiro atoms. The highest BCUT2D eigenvalue weighted by Crippen LogP contribution is 2.33. The van der Waals surface area contributed by atoms with Crippen molar-refractivity contribution in [2.75, 3.05) is 0 Å². The third kappa shape index (κ3) is 1.24. The predicted octanol–water partition coefficient (Wildman–Crippen LogP) is 1.87. The second-order valence-corrected chi connectivity index (χ2v) is 5.14. The topological polar surface area (TPSA) is 34.9 Å². The maximum atomic E-state index is 12.0. The molecular weight excluding hydrogens is 208 g/mol. The molecule has 0 N–H and O–H groups in total. The Hall–Kier alpha value is -1.16. The minimum absolute atomic E-state index is 0.111. The van der Waals surface area contributed by atoms with Crippen LogP contribution >= 0.6 is 11.3 Å². The van der Waals surface area contributed by atoms with Crippen LogP contribution in [-0.2, 0) is 19.9 Å². The molecule has 0 fully saturated rings. The highest BCUT2D eigenvalue weighted by atomic mass is 32.1. The summed E-state index contributed by atoms with van der Waals surface area (Å²) in [6.07, 6.45) is 6.25. The Morgan fingerprint density at radius 1 is 1.40 bits per heavy atom. The average Bonchev–Trinajstić information content (AvgIpc) is 2.62. The van der Waals surface area contributed by atoms with Gasteiger partial charge in [0.25, 0.3) is 5.56 Å². The van der Waals surface area contributed by atoms with Crippen LogP contribution in [-0.4, -0.2) is 9.55 Å². The van der Waals surface area contributed by atoms with Crippen molar-refractivity contribution in [2.24, 2.45) is 7.05 Å². The van der Waals surface area contributed by atoms with Gasteiger partial charge in [0.15, 0.2) is 0 Å². The first-order valence-electron chi connectivity index (χ1n) is 5.23. The molecule has 3 nitrogen and oxygen atoms in total. The average molecular weight is 220 g/mol. The van der Waals surface area contributed by atoms with E-state index in [1.54, 1.807) is 29.3 Å². The smallest absolute Gasteiger partial charge is 0.262 e.